The predicted octanol–water partition coefficient (Wildman–Crippen LogP) is 1.99. The van der Waals surface area contributed by atoms with Crippen molar-refractivity contribution in [2.24, 2.45) is 0 Å². The lowest BCUT2D eigenvalue weighted by Gasteiger charge is -2.22. The molecule has 2 heterocycles. The number of β-amino-alcohol motifs (C(OH)–C–C–N with tert-alkyl or cyclic N) is 1. The van der Waals surface area contributed by atoms with Crippen LogP contribution in [0.3, 0.4) is 0 Å². The Balaban J connectivity index is 1.79. The molecule has 2 aromatic rings. The van der Waals surface area contributed by atoms with E-state index in [-0.39, 0.29) is 18.5 Å². The SMILES string of the molecule is CCOc1ccccc1C(=O)N1CCC(O)(c2cn(C(C)C)nn2)C1. The molecular formula is C18H24N4O3. The molecule has 0 spiro atoms. The standard InChI is InChI=1S/C18H24N4O3/c1-4-25-15-8-6-5-7-14(15)17(23)21-10-9-18(24,12-21)16-11-22(13(2)3)20-19-16/h5-8,11,13,24H,4,9-10,12H2,1-3H3. The van der Waals surface area contributed by atoms with Crippen molar-refractivity contribution in [2.45, 2.75) is 38.8 Å². The first-order chi connectivity index (χ1) is 11.9. The molecule has 1 aromatic heterocycles. The minimum atomic E-state index is -1.16. The monoisotopic (exact) mass is 344 g/mol. The van der Waals surface area contributed by atoms with Gasteiger partial charge in [0.2, 0.25) is 0 Å². The number of aliphatic hydroxyl groups is 1. The lowest BCUT2D eigenvalue weighted by molar-refractivity contribution is 0.0380. The fourth-order valence-corrected chi connectivity index (χ4v) is 3.01. The van der Waals surface area contributed by atoms with Gasteiger partial charge >= 0.3 is 0 Å². The molecule has 0 aliphatic carbocycles. The van der Waals surface area contributed by atoms with Gasteiger partial charge in [-0.3, -0.25) is 4.79 Å². The van der Waals surface area contributed by atoms with Gasteiger partial charge in [-0.05, 0) is 32.9 Å². The van der Waals surface area contributed by atoms with Gasteiger partial charge in [-0.2, -0.15) is 0 Å². The molecule has 134 valence electrons. The molecule has 1 saturated heterocycles. The van der Waals surface area contributed by atoms with Gasteiger partial charge in [0.1, 0.15) is 17.0 Å². The number of aromatic nitrogens is 3. The maximum Gasteiger partial charge on any atom is 0.257 e. The summed E-state index contributed by atoms with van der Waals surface area (Å²) in [4.78, 5) is 14.5. The maximum atomic E-state index is 12.9. The molecule has 25 heavy (non-hydrogen) atoms. The summed E-state index contributed by atoms with van der Waals surface area (Å²) in [5, 5.41) is 19.1. The number of carbonyl (C=O) groups is 1. The molecule has 1 aliphatic heterocycles. The molecule has 7 heteroatoms. The summed E-state index contributed by atoms with van der Waals surface area (Å²) in [6.45, 7) is 7.03. The summed E-state index contributed by atoms with van der Waals surface area (Å²) < 4.78 is 7.26. The second-order valence-electron chi connectivity index (χ2n) is 6.62. The molecule has 1 aliphatic rings. The van der Waals surface area contributed by atoms with Gasteiger partial charge < -0.3 is 14.7 Å². The Labute approximate surface area is 147 Å². The molecule has 1 fully saturated rings. The van der Waals surface area contributed by atoms with E-state index in [4.69, 9.17) is 4.74 Å². The fourth-order valence-electron chi connectivity index (χ4n) is 3.01. The van der Waals surface area contributed by atoms with Crippen molar-refractivity contribution in [3.63, 3.8) is 0 Å². The highest BCUT2D eigenvalue weighted by atomic mass is 16.5. The number of rotatable bonds is 5. The minimum Gasteiger partial charge on any atom is -0.493 e. The number of para-hydroxylation sites is 1. The largest absolute Gasteiger partial charge is 0.493 e. The first-order valence-corrected chi connectivity index (χ1v) is 8.60. The molecule has 1 N–H and O–H groups in total. The second-order valence-corrected chi connectivity index (χ2v) is 6.62. The Morgan fingerprint density at radius 2 is 2.16 bits per heavy atom. The Morgan fingerprint density at radius 3 is 2.84 bits per heavy atom. The van der Waals surface area contributed by atoms with E-state index >= 15 is 0 Å². The topological polar surface area (TPSA) is 80.5 Å². The first-order valence-electron chi connectivity index (χ1n) is 8.60. The Kier molecular flexibility index (Phi) is 4.76. The number of carbonyl (C=O) groups excluding carboxylic acids is 1. The number of benzene rings is 1. The third kappa shape index (κ3) is 3.37. The van der Waals surface area contributed by atoms with Crippen molar-refractivity contribution in [1.29, 1.82) is 0 Å². The van der Waals surface area contributed by atoms with Gasteiger partial charge in [-0.25, -0.2) is 4.68 Å². The number of hydrogen-bond donors (Lipinski definition) is 1. The van der Waals surface area contributed by atoms with Crippen LogP contribution in [0.15, 0.2) is 30.5 Å². The predicted molar refractivity (Wildman–Crippen MR) is 92.4 cm³/mol. The molecule has 0 radical (unpaired) electrons. The number of ether oxygens (including phenoxy) is 1. The molecule has 1 amide bonds. The first kappa shape index (κ1) is 17.4. The number of hydrogen-bond acceptors (Lipinski definition) is 5. The van der Waals surface area contributed by atoms with Gasteiger partial charge in [-0.1, -0.05) is 17.3 Å². The van der Waals surface area contributed by atoms with E-state index in [0.29, 0.717) is 36.6 Å². The molecule has 1 unspecified atom stereocenters. The average molecular weight is 344 g/mol. The van der Waals surface area contributed by atoms with Crippen LogP contribution in [0.5, 0.6) is 5.75 Å². The van der Waals surface area contributed by atoms with Crippen LogP contribution in [-0.2, 0) is 5.60 Å². The summed E-state index contributed by atoms with van der Waals surface area (Å²) >= 11 is 0. The van der Waals surface area contributed by atoms with Crippen molar-refractivity contribution >= 4 is 5.91 Å². The summed E-state index contributed by atoms with van der Waals surface area (Å²) in [5.74, 6) is 0.424. The van der Waals surface area contributed by atoms with E-state index < -0.39 is 5.60 Å². The van der Waals surface area contributed by atoms with E-state index in [9.17, 15) is 9.90 Å². The fraction of sp³-hybridized carbons (Fsp3) is 0.500. The zero-order valence-corrected chi connectivity index (χ0v) is 14.8. The second kappa shape index (κ2) is 6.84. The average Bonchev–Trinajstić information content (AvgIpc) is 3.23. The van der Waals surface area contributed by atoms with E-state index in [1.54, 1.807) is 27.9 Å². The molecule has 1 atom stereocenters. The van der Waals surface area contributed by atoms with E-state index in [2.05, 4.69) is 10.3 Å². The van der Waals surface area contributed by atoms with Crippen LogP contribution in [0.2, 0.25) is 0 Å². The number of nitrogens with zero attached hydrogens (tertiary/aromatic N) is 4. The number of likely N-dealkylation sites (tertiary alicyclic amines) is 1. The lowest BCUT2D eigenvalue weighted by atomic mass is 10.00. The van der Waals surface area contributed by atoms with Crippen molar-refractivity contribution in [1.82, 2.24) is 19.9 Å². The highest BCUT2D eigenvalue weighted by Gasteiger charge is 2.42. The smallest absolute Gasteiger partial charge is 0.257 e. The Hall–Kier alpha value is -2.41. The molecule has 1 aromatic carbocycles. The van der Waals surface area contributed by atoms with Crippen LogP contribution in [0, 0.1) is 0 Å². The summed E-state index contributed by atoms with van der Waals surface area (Å²) in [6, 6.07) is 7.35. The van der Waals surface area contributed by atoms with Gasteiger partial charge in [0.15, 0.2) is 0 Å². The van der Waals surface area contributed by atoms with Crippen molar-refractivity contribution < 1.29 is 14.6 Å². The van der Waals surface area contributed by atoms with Gasteiger partial charge in [0, 0.05) is 19.0 Å². The highest BCUT2D eigenvalue weighted by Crippen LogP contribution is 2.32. The van der Waals surface area contributed by atoms with Crippen LogP contribution in [0.4, 0.5) is 0 Å². The Morgan fingerprint density at radius 1 is 1.40 bits per heavy atom. The van der Waals surface area contributed by atoms with Gasteiger partial charge in [0.05, 0.1) is 24.9 Å². The van der Waals surface area contributed by atoms with Crippen molar-refractivity contribution in [3.8, 4) is 5.75 Å². The summed E-state index contributed by atoms with van der Waals surface area (Å²) in [7, 11) is 0. The molecule has 7 nitrogen and oxygen atoms in total. The highest BCUT2D eigenvalue weighted by molar-refractivity contribution is 5.97. The molecule has 0 bridgehead atoms. The zero-order valence-electron chi connectivity index (χ0n) is 14.8. The van der Waals surface area contributed by atoms with Crippen molar-refractivity contribution in [2.75, 3.05) is 19.7 Å². The number of amides is 1. The van der Waals surface area contributed by atoms with Crippen LogP contribution in [0.1, 0.15) is 49.3 Å². The lowest BCUT2D eigenvalue weighted by Crippen LogP contribution is -2.34. The molecule has 3 rings (SSSR count). The quantitative estimate of drug-likeness (QED) is 0.897. The van der Waals surface area contributed by atoms with Gasteiger partial charge in [0.25, 0.3) is 5.91 Å². The normalized spacial score (nSPS) is 20.3. The van der Waals surface area contributed by atoms with Crippen LogP contribution in [-0.4, -0.2) is 50.6 Å². The van der Waals surface area contributed by atoms with Gasteiger partial charge in [-0.15, -0.1) is 5.10 Å². The minimum absolute atomic E-state index is 0.142. The van der Waals surface area contributed by atoms with E-state index in [0.717, 1.165) is 0 Å². The van der Waals surface area contributed by atoms with E-state index in [1.807, 2.05) is 32.9 Å². The van der Waals surface area contributed by atoms with Crippen LogP contribution < -0.4 is 4.74 Å². The van der Waals surface area contributed by atoms with Crippen LogP contribution >= 0.6 is 0 Å². The summed E-state index contributed by atoms with van der Waals surface area (Å²) in [6.07, 6.45) is 2.19. The molecule has 0 saturated carbocycles. The third-order valence-corrected chi connectivity index (χ3v) is 4.47. The Bertz CT molecular complexity index is 758. The third-order valence-electron chi connectivity index (χ3n) is 4.47. The maximum absolute atomic E-state index is 12.9. The van der Waals surface area contributed by atoms with Crippen LogP contribution in [0.25, 0.3) is 0 Å². The zero-order chi connectivity index (χ0) is 18.0. The molecular weight excluding hydrogens is 320 g/mol. The summed E-state index contributed by atoms with van der Waals surface area (Å²) in [5.41, 5.74) is -0.141. The van der Waals surface area contributed by atoms with Crippen molar-refractivity contribution in [3.05, 3.63) is 41.7 Å². The van der Waals surface area contributed by atoms with E-state index in [1.165, 1.54) is 0 Å².